The molecule has 0 aromatic rings. The highest BCUT2D eigenvalue weighted by Gasteiger charge is 2.40. The molecule has 1 rings (SSSR count). The first-order chi connectivity index (χ1) is 8.72. The maximum absolute atomic E-state index is 9.68. The molecule has 0 bridgehead atoms. The lowest BCUT2D eigenvalue weighted by Crippen LogP contribution is -2.50. The number of nitrogens with one attached hydrogen (secondary N) is 1. The third kappa shape index (κ3) is 3.94. The third-order valence-corrected chi connectivity index (χ3v) is 4.61. The van der Waals surface area contributed by atoms with E-state index in [1.807, 2.05) is 7.05 Å². The normalized spacial score (nSPS) is 28.2. The zero-order valence-corrected chi connectivity index (χ0v) is 12.5. The van der Waals surface area contributed by atoms with Crippen LogP contribution in [-0.2, 0) is 0 Å². The van der Waals surface area contributed by atoms with E-state index in [2.05, 4.69) is 24.1 Å². The lowest BCUT2D eigenvalue weighted by atomic mass is 9.85. The first-order valence-electron chi connectivity index (χ1n) is 7.74. The standard InChI is InChI=1S/C15H32N2O/c1-4-10-17(11-5-2)12-8-14-7-6-9-15(14,13-18)16-3/h14,16,18H,4-13H2,1-3H3. The van der Waals surface area contributed by atoms with E-state index in [1.165, 1.54) is 51.7 Å². The van der Waals surface area contributed by atoms with E-state index < -0.39 is 0 Å². The van der Waals surface area contributed by atoms with Crippen LogP contribution in [0.15, 0.2) is 0 Å². The fourth-order valence-corrected chi connectivity index (χ4v) is 3.49. The number of nitrogens with zero attached hydrogens (tertiary/aromatic N) is 1. The second-order valence-corrected chi connectivity index (χ2v) is 5.78. The quantitative estimate of drug-likeness (QED) is 0.664. The maximum Gasteiger partial charge on any atom is 0.0615 e. The molecule has 2 N–H and O–H groups in total. The van der Waals surface area contributed by atoms with E-state index in [1.54, 1.807) is 0 Å². The lowest BCUT2D eigenvalue weighted by Gasteiger charge is -2.35. The van der Waals surface area contributed by atoms with Gasteiger partial charge in [0, 0.05) is 5.54 Å². The van der Waals surface area contributed by atoms with Crippen molar-refractivity contribution in [3.8, 4) is 0 Å². The van der Waals surface area contributed by atoms with E-state index in [0.29, 0.717) is 5.92 Å². The fourth-order valence-electron chi connectivity index (χ4n) is 3.49. The summed E-state index contributed by atoms with van der Waals surface area (Å²) in [7, 11) is 2.00. The van der Waals surface area contributed by atoms with Gasteiger partial charge in [-0.1, -0.05) is 20.3 Å². The predicted molar refractivity (Wildman–Crippen MR) is 77.9 cm³/mol. The zero-order valence-electron chi connectivity index (χ0n) is 12.5. The summed E-state index contributed by atoms with van der Waals surface area (Å²) in [6, 6.07) is 0. The fraction of sp³-hybridized carbons (Fsp3) is 1.00. The first-order valence-corrected chi connectivity index (χ1v) is 7.74. The molecule has 3 heteroatoms. The number of hydrogen-bond donors (Lipinski definition) is 2. The number of rotatable bonds is 9. The Hall–Kier alpha value is -0.120. The summed E-state index contributed by atoms with van der Waals surface area (Å²) in [6.45, 7) is 8.41. The number of likely N-dealkylation sites (N-methyl/N-ethyl adjacent to an activating group) is 1. The first kappa shape index (κ1) is 15.9. The van der Waals surface area contributed by atoms with Gasteiger partial charge in [-0.3, -0.25) is 0 Å². The van der Waals surface area contributed by atoms with Gasteiger partial charge in [-0.25, -0.2) is 0 Å². The molecule has 1 saturated carbocycles. The van der Waals surface area contributed by atoms with Crippen molar-refractivity contribution in [2.75, 3.05) is 33.3 Å². The molecule has 0 aromatic heterocycles. The Morgan fingerprint density at radius 2 is 1.89 bits per heavy atom. The smallest absolute Gasteiger partial charge is 0.0615 e. The summed E-state index contributed by atoms with van der Waals surface area (Å²) in [5.74, 6) is 0.642. The van der Waals surface area contributed by atoms with Crippen molar-refractivity contribution >= 4 is 0 Å². The molecule has 0 spiro atoms. The zero-order chi connectivity index (χ0) is 13.4. The average Bonchev–Trinajstić information content (AvgIpc) is 2.80. The van der Waals surface area contributed by atoms with Crippen molar-refractivity contribution in [1.29, 1.82) is 0 Å². The minimum Gasteiger partial charge on any atom is -0.394 e. The largest absolute Gasteiger partial charge is 0.394 e. The average molecular weight is 256 g/mol. The van der Waals surface area contributed by atoms with Crippen LogP contribution < -0.4 is 5.32 Å². The summed E-state index contributed by atoms with van der Waals surface area (Å²) in [6.07, 6.45) is 7.36. The second-order valence-electron chi connectivity index (χ2n) is 5.78. The van der Waals surface area contributed by atoms with Crippen LogP contribution in [0.4, 0.5) is 0 Å². The number of hydrogen-bond acceptors (Lipinski definition) is 3. The Morgan fingerprint density at radius 3 is 2.39 bits per heavy atom. The van der Waals surface area contributed by atoms with E-state index >= 15 is 0 Å². The van der Waals surface area contributed by atoms with Gasteiger partial charge >= 0.3 is 0 Å². The van der Waals surface area contributed by atoms with Gasteiger partial charge in [0.2, 0.25) is 0 Å². The van der Waals surface area contributed by atoms with Gasteiger partial charge < -0.3 is 15.3 Å². The maximum atomic E-state index is 9.68. The topological polar surface area (TPSA) is 35.5 Å². The number of aliphatic hydroxyl groups is 1. The van der Waals surface area contributed by atoms with Gasteiger partial charge in [0.25, 0.3) is 0 Å². The van der Waals surface area contributed by atoms with Crippen molar-refractivity contribution in [3.63, 3.8) is 0 Å². The van der Waals surface area contributed by atoms with Gasteiger partial charge in [0.1, 0.15) is 0 Å². The van der Waals surface area contributed by atoms with Crippen molar-refractivity contribution < 1.29 is 5.11 Å². The molecule has 0 saturated heterocycles. The molecule has 18 heavy (non-hydrogen) atoms. The molecule has 2 atom stereocenters. The molecule has 108 valence electrons. The van der Waals surface area contributed by atoms with E-state index in [9.17, 15) is 5.11 Å². The van der Waals surface area contributed by atoms with E-state index in [0.717, 1.165) is 6.42 Å². The Morgan fingerprint density at radius 1 is 1.22 bits per heavy atom. The SMILES string of the molecule is CCCN(CCC)CCC1CCCC1(CO)NC. The molecule has 3 nitrogen and oxygen atoms in total. The highest BCUT2D eigenvalue weighted by molar-refractivity contribution is 4.98. The molecule has 0 amide bonds. The van der Waals surface area contributed by atoms with Crippen molar-refractivity contribution in [2.24, 2.45) is 5.92 Å². The Labute approximate surface area is 113 Å². The van der Waals surface area contributed by atoms with Gasteiger partial charge in [-0.2, -0.15) is 0 Å². The van der Waals surface area contributed by atoms with Gasteiger partial charge in [-0.05, 0) is 64.7 Å². The Balaban J connectivity index is 2.45. The molecule has 0 radical (unpaired) electrons. The van der Waals surface area contributed by atoms with E-state index in [4.69, 9.17) is 0 Å². The summed E-state index contributed by atoms with van der Waals surface area (Å²) in [4.78, 5) is 2.58. The van der Waals surface area contributed by atoms with Crippen LogP contribution in [-0.4, -0.2) is 48.8 Å². The van der Waals surface area contributed by atoms with Gasteiger partial charge in [0.15, 0.2) is 0 Å². The monoisotopic (exact) mass is 256 g/mol. The van der Waals surface area contributed by atoms with Crippen LogP contribution in [0.25, 0.3) is 0 Å². The molecule has 0 aromatic carbocycles. The molecule has 1 fully saturated rings. The Kier molecular flexibility index (Phi) is 7.20. The summed E-state index contributed by atoms with van der Waals surface area (Å²) in [5.41, 5.74) is 0.00407. The molecule has 2 unspecified atom stereocenters. The minimum atomic E-state index is 0.00407. The lowest BCUT2D eigenvalue weighted by molar-refractivity contribution is 0.118. The minimum absolute atomic E-state index is 0.00407. The predicted octanol–water partition coefficient (Wildman–Crippen LogP) is 2.25. The van der Waals surface area contributed by atoms with Crippen LogP contribution in [0.1, 0.15) is 52.4 Å². The highest BCUT2D eigenvalue weighted by atomic mass is 16.3. The van der Waals surface area contributed by atoms with Gasteiger partial charge in [-0.15, -0.1) is 0 Å². The summed E-state index contributed by atoms with van der Waals surface area (Å²) >= 11 is 0. The van der Waals surface area contributed by atoms with Crippen LogP contribution >= 0.6 is 0 Å². The molecule has 1 aliphatic rings. The van der Waals surface area contributed by atoms with Crippen molar-refractivity contribution in [3.05, 3.63) is 0 Å². The van der Waals surface area contributed by atoms with Crippen molar-refractivity contribution in [2.45, 2.75) is 57.9 Å². The Bertz CT molecular complexity index is 211. The van der Waals surface area contributed by atoms with Crippen LogP contribution in [0.5, 0.6) is 0 Å². The molecule has 0 aliphatic heterocycles. The molecular weight excluding hydrogens is 224 g/mol. The summed E-state index contributed by atoms with van der Waals surface area (Å²) in [5, 5.41) is 13.1. The van der Waals surface area contributed by atoms with E-state index in [-0.39, 0.29) is 12.1 Å². The van der Waals surface area contributed by atoms with Crippen LogP contribution in [0.3, 0.4) is 0 Å². The molecule has 0 heterocycles. The van der Waals surface area contributed by atoms with Crippen molar-refractivity contribution in [1.82, 2.24) is 10.2 Å². The van der Waals surface area contributed by atoms with Gasteiger partial charge in [0.05, 0.1) is 6.61 Å². The second kappa shape index (κ2) is 8.13. The van der Waals surface area contributed by atoms with Crippen LogP contribution in [0, 0.1) is 5.92 Å². The summed E-state index contributed by atoms with van der Waals surface area (Å²) < 4.78 is 0. The number of aliphatic hydroxyl groups excluding tert-OH is 1. The third-order valence-electron chi connectivity index (χ3n) is 4.61. The molecular formula is C15H32N2O. The molecule has 1 aliphatic carbocycles. The highest BCUT2D eigenvalue weighted by Crippen LogP contribution is 2.37. The van der Waals surface area contributed by atoms with Crippen LogP contribution in [0.2, 0.25) is 0 Å².